The summed E-state index contributed by atoms with van der Waals surface area (Å²) in [6.07, 6.45) is 5.80. The van der Waals surface area contributed by atoms with Crippen LogP contribution in [0.1, 0.15) is 42.8 Å². The molecule has 0 aromatic carbocycles. The number of piperidine rings is 1. The maximum Gasteiger partial charge on any atom is 0.171 e. The van der Waals surface area contributed by atoms with E-state index in [-0.39, 0.29) is 5.78 Å². The number of nitrogens with two attached hydrogens (primary N) is 1. The van der Waals surface area contributed by atoms with Gasteiger partial charge in [0.1, 0.15) is 5.00 Å². The maximum absolute atomic E-state index is 11.6. The van der Waals surface area contributed by atoms with Gasteiger partial charge in [-0.3, -0.25) is 4.79 Å². The molecule has 106 valence electrons. The van der Waals surface area contributed by atoms with Gasteiger partial charge >= 0.3 is 0 Å². The zero-order chi connectivity index (χ0) is 14.0. The molecule has 1 fully saturated rings. The summed E-state index contributed by atoms with van der Waals surface area (Å²) >= 11 is 3.22. The molecule has 5 heteroatoms. The van der Waals surface area contributed by atoms with Crippen molar-refractivity contribution in [1.29, 1.82) is 0 Å². The predicted molar refractivity (Wildman–Crippen MR) is 85.7 cm³/mol. The standard InChI is InChI=1S/C14H22N2OS2/c1-4-10-5-7-16(8-6-10)14-13(18-3)11(15)12(19-14)9(2)17/h10H,4-8,15H2,1-3H3. The average Bonchev–Trinajstić information content (AvgIpc) is 2.76. The van der Waals surface area contributed by atoms with E-state index in [1.807, 2.05) is 6.26 Å². The largest absolute Gasteiger partial charge is 0.396 e. The van der Waals surface area contributed by atoms with E-state index in [4.69, 9.17) is 5.73 Å². The van der Waals surface area contributed by atoms with Gasteiger partial charge in [-0.2, -0.15) is 0 Å². The first-order valence-corrected chi connectivity index (χ1v) is 8.84. The molecule has 0 bridgehead atoms. The van der Waals surface area contributed by atoms with Crippen molar-refractivity contribution in [1.82, 2.24) is 0 Å². The Hall–Kier alpha value is -0.680. The van der Waals surface area contributed by atoms with E-state index < -0.39 is 0 Å². The van der Waals surface area contributed by atoms with E-state index in [2.05, 4.69) is 11.8 Å². The number of carbonyl (C=O) groups excluding carboxylic acids is 1. The average molecular weight is 298 g/mol. The molecule has 2 heterocycles. The van der Waals surface area contributed by atoms with E-state index in [0.717, 1.165) is 28.8 Å². The van der Waals surface area contributed by atoms with Crippen molar-refractivity contribution < 1.29 is 4.79 Å². The summed E-state index contributed by atoms with van der Waals surface area (Å²) in [4.78, 5) is 15.8. The van der Waals surface area contributed by atoms with Crippen LogP contribution in [0.15, 0.2) is 4.90 Å². The van der Waals surface area contributed by atoms with Crippen LogP contribution >= 0.6 is 23.1 Å². The normalized spacial score (nSPS) is 16.9. The minimum atomic E-state index is 0.0764. The topological polar surface area (TPSA) is 46.3 Å². The molecule has 0 saturated carbocycles. The Morgan fingerprint density at radius 3 is 2.58 bits per heavy atom. The fourth-order valence-electron chi connectivity index (χ4n) is 2.63. The smallest absolute Gasteiger partial charge is 0.171 e. The molecule has 1 aliphatic rings. The quantitative estimate of drug-likeness (QED) is 0.677. The Labute approximate surface area is 123 Å². The van der Waals surface area contributed by atoms with Gasteiger partial charge in [0.2, 0.25) is 0 Å². The number of thioether (sulfide) groups is 1. The molecule has 0 unspecified atom stereocenters. The second kappa shape index (κ2) is 6.18. The van der Waals surface area contributed by atoms with Gasteiger partial charge in [-0.05, 0) is 25.0 Å². The zero-order valence-electron chi connectivity index (χ0n) is 11.9. The molecule has 1 aromatic heterocycles. The minimum Gasteiger partial charge on any atom is -0.396 e. The van der Waals surface area contributed by atoms with Crippen molar-refractivity contribution in [2.24, 2.45) is 5.92 Å². The molecule has 0 amide bonds. The molecule has 1 aromatic rings. The van der Waals surface area contributed by atoms with E-state index in [1.165, 1.54) is 24.3 Å². The molecule has 0 spiro atoms. The van der Waals surface area contributed by atoms with Gasteiger partial charge in [0.15, 0.2) is 5.78 Å². The third kappa shape index (κ3) is 2.92. The van der Waals surface area contributed by atoms with Crippen LogP contribution in [0.5, 0.6) is 0 Å². The third-order valence-electron chi connectivity index (χ3n) is 3.89. The highest BCUT2D eigenvalue weighted by atomic mass is 32.2. The van der Waals surface area contributed by atoms with E-state index in [0.29, 0.717) is 5.69 Å². The third-order valence-corrected chi connectivity index (χ3v) is 6.20. The summed E-state index contributed by atoms with van der Waals surface area (Å²) in [5.74, 6) is 0.936. The van der Waals surface area contributed by atoms with Crippen molar-refractivity contribution in [3.8, 4) is 0 Å². The highest BCUT2D eigenvalue weighted by molar-refractivity contribution is 7.99. The van der Waals surface area contributed by atoms with Crippen LogP contribution in [0, 0.1) is 5.92 Å². The number of ketones is 1. The van der Waals surface area contributed by atoms with Crippen molar-refractivity contribution >= 4 is 39.6 Å². The molecule has 0 atom stereocenters. The SMILES string of the molecule is CCC1CCN(c2sc(C(C)=O)c(N)c2SC)CC1. The Balaban J connectivity index is 2.25. The molecule has 1 aliphatic heterocycles. The number of hydrogen-bond acceptors (Lipinski definition) is 5. The first-order chi connectivity index (χ1) is 9.08. The van der Waals surface area contributed by atoms with Crippen LogP contribution < -0.4 is 10.6 Å². The first-order valence-electron chi connectivity index (χ1n) is 6.80. The number of Topliss-reactive ketones (excluding diaryl/α,β-unsaturated/α-hetero) is 1. The Morgan fingerprint density at radius 2 is 2.11 bits per heavy atom. The highest BCUT2D eigenvalue weighted by Gasteiger charge is 2.25. The van der Waals surface area contributed by atoms with Crippen molar-refractivity contribution in [3.63, 3.8) is 0 Å². The Kier molecular flexibility index (Phi) is 4.79. The number of anilines is 2. The van der Waals surface area contributed by atoms with Crippen LogP contribution in [0.3, 0.4) is 0 Å². The lowest BCUT2D eigenvalue weighted by Gasteiger charge is -2.32. The van der Waals surface area contributed by atoms with Crippen LogP contribution in [0.4, 0.5) is 10.7 Å². The molecule has 2 rings (SSSR count). The van der Waals surface area contributed by atoms with Crippen LogP contribution in [-0.4, -0.2) is 25.1 Å². The van der Waals surface area contributed by atoms with Crippen LogP contribution in [0.2, 0.25) is 0 Å². The lowest BCUT2D eigenvalue weighted by atomic mass is 9.95. The van der Waals surface area contributed by atoms with Crippen molar-refractivity contribution in [2.45, 2.75) is 38.0 Å². The van der Waals surface area contributed by atoms with Crippen LogP contribution in [-0.2, 0) is 0 Å². The summed E-state index contributed by atoms with van der Waals surface area (Å²) in [5, 5.41) is 1.20. The monoisotopic (exact) mass is 298 g/mol. The summed E-state index contributed by atoms with van der Waals surface area (Å²) in [5.41, 5.74) is 6.80. The second-order valence-electron chi connectivity index (χ2n) is 5.08. The summed E-state index contributed by atoms with van der Waals surface area (Å²) in [7, 11) is 0. The van der Waals surface area contributed by atoms with E-state index in [1.54, 1.807) is 30.0 Å². The van der Waals surface area contributed by atoms with Gasteiger partial charge in [-0.15, -0.1) is 23.1 Å². The maximum atomic E-state index is 11.6. The highest BCUT2D eigenvalue weighted by Crippen LogP contribution is 2.45. The fourth-order valence-corrected chi connectivity index (χ4v) is 4.76. The van der Waals surface area contributed by atoms with Crippen LogP contribution in [0.25, 0.3) is 0 Å². The Bertz CT molecular complexity index is 462. The number of nitrogens with zero attached hydrogens (tertiary/aromatic N) is 1. The lowest BCUT2D eigenvalue weighted by molar-refractivity contribution is 0.102. The van der Waals surface area contributed by atoms with Gasteiger partial charge in [0.05, 0.1) is 15.5 Å². The molecule has 3 nitrogen and oxygen atoms in total. The number of rotatable bonds is 4. The van der Waals surface area contributed by atoms with Crippen molar-refractivity contribution in [2.75, 3.05) is 30.0 Å². The van der Waals surface area contributed by atoms with Gasteiger partial charge in [0, 0.05) is 20.0 Å². The van der Waals surface area contributed by atoms with Crippen molar-refractivity contribution in [3.05, 3.63) is 4.88 Å². The molecule has 19 heavy (non-hydrogen) atoms. The first kappa shape index (κ1) is 14.7. The number of hydrogen-bond donors (Lipinski definition) is 1. The number of nitrogen functional groups attached to an aromatic ring is 1. The molecule has 0 radical (unpaired) electrons. The molecule has 1 saturated heterocycles. The molecule has 2 N–H and O–H groups in total. The van der Waals surface area contributed by atoms with Gasteiger partial charge in [-0.25, -0.2) is 0 Å². The number of thiophene rings is 1. The summed E-state index contributed by atoms with van der Waals surface area (Å²) < 4.78 is 0. The van der Waals surface area contributed by atoms with E-state index >= 15 is 0 Å². The lowest BCUT2D eigenvalue weighted by Crippen LogP contribution is -2.33. The predicted octanol–water partition coefficient (Wildman–Crippen LogP) is 3.88. The molecular weight excluding hydrogens is 276 g/mol. The Morgan fingerprint density at radius 1 is 1.47 bits per heavy atom. The fraction of sp³-hybridized carbons (Fsp3) is 0.643. The van der Waals surface area contributed by atoms with Gasteiger partial charge in [-0.1, -0.05) is 13.3 Å². The van der Waals surface area contributed by atoms with Gasteiger partial charge in [0.25, 0.3) is 0 Å². The second-order valence-corrected chi connectivity index (χ2v) is 6.89. The van der Waals surface area contributed by atoms with Gasteiger partial charge < -0.3 is 10.6 Å². The number of carbonyl (C=O) groups is 1. The summed E-state index contributed by atoms with van der Waals surface area (Å²) in [6, 6.07) is 0. The minimum absolute atomic E-state index is 0.0764. The molecular formula is C14H22N2OS2. The zero-order valence-corrected chi connectivity index (χ0v) is 13.5. The summed E-state index contributed by atoms with van der Waals surface area (Å²) in [6.45, 7) is 6.04. The molecule has 0 aliphatic carbocycles. The van der Waals surface area contributed by atoms with E-state index in [9.17, 15) is 4.79 Å².